The lowest BCUT2D eigenvalue weighted by Gasteiger charge is -2.38. The number of methoxy groups -OCH3 is 1. The number of fused-ring (bicyclic) bond motifs is 1. The van der Waals surface area contributed by atoms with E-state index < -0.39 is 6.04 Å². The second-order valence-corrected chi connectivity index (χ2v) is 8.07. The average molecular weight is 365 g/mol. The summed E-state index contributed by atoms with van der Waals surface area (Å²) in [6.45, 7) is 1.19. The predicted octanol–water partition coefficient (Wildman–Crippen LogP) is 1.71. The SMILES string of the molecule is COC(=O)C1CC2CCCCC2N1C(=O)C1CCN(C(=O)N(C)C)CC1. The number of urea groups is 1. The van der Waals surface area contributed by atoms with E-state index in [0.717, 1.165) is 25.7 Å². The van der Waals surface area contributed by atoms with Crippen LogP contribution in [0.2, 0.25) is 0 Å². The van der Waals surface area contributed by atoms with Crippen molar-refractivity contribution in [1.82, 2.24) is 14.7 Å². The van der Waals surface area contributed by atoms with E-state index in [1.807, 2.05) is 4.90 Å². The van der Waals surface area contributed by atoms with Gasteiger partial charge in [0.05, 0.1) is 7.11 Å². The van der Waals surface area contributed by atoms with Gasteiger partial charge in [0.25, 0.3) is 0 Å². The molecule has 3 unspecified atom stereocenters. The van der Waals surface area contributed by atoms with Crippen LogP contribution >= 0.6 is 0 Å². The van der Waals surface area contributed by atoms with Crippen LogP contribution in [0.5, 0.6) is 0 Å². The number of carbonyl (C=O) groups excluding carboxylic acids is 3. The number of hydrogen-bond donors (Lipinski definition) is 0. The Morgan fingerprint density at radius 3 is 2.27 bits per heavy atom. The Hall–Kier alpha value is -1.79. The fourth-order valence-electron chi connectivity index (χ4n) is 4.93. The third kappa shape index (κ3) is 3.53. The summed E-state index contributed by atoms with van der Waals surface area (Å²) in [5, 5.41) is 0. The summed E-state index contributed by atoms with van der Waals surface area (Å²) in [5.41, 5.74) is 0. The van der Waals surface area contributed by atoms with Gasteiger partial charge in [0.2, 0.25) is 5.91 Å². The van der Waals surface area contributed by atoms with Crippen LogP contribution in [0.4, 0.5) is 4.79 Å². The summed E-state index contributed by atoms with van der Waals surface area (Å²) >= 11 is 0. The van der Waals surface area contributed by atoms with Gasteiger partial charge in [-0.3, -0.25) is 4.79 Å². The number of amides is 3. The molecule has 7 heteroatoms. The van der Waals surface area contributed by atoms with Crippen molar-refractivity contribution in [1.29, 1.82) is 0 Å². The molecule has 26 heavy (non-hydrogen) atoms. The van der Waals surface area contributed by atoms with Crippen LogP contribution in [-0.2, 0) is 14.3 Å². The second kappa shape index (κ2) is 7.84. The molecule has 3 amide bonds. The molecule has 0 N–H and O–H groups in total. The minimum atomic E-state index is -0.429. The number of ether oxygens (including phenoxy) is 1. The molecule has 0 bridgehead atoms. The maximum absolute atomic E-state index is 13.3. The van der Waals surface area contributed by atoms with E-state index in [4.69, 9.17) is 4.74 Å². The lowest BCUT2D eigenvalue weighted by Crippen LogP contribution is -2.52. The number of hydrogen-bond acceptors (Lipinski definition) is 4. The topological polar surface area (TPSA) is 70.2 Å². The van der Waals surface area contributed by atoms with Crippen molar-refractivity contribution >= 4 is 17.9 Å². The summed E-state index contributed by atoms with van der Waals surface area (Å²) in [6, 6.07) is -0.249. The maximum atomic E-state index is 13.3. The van der Waals surface area contributed by atoms with Crippen LogP contribution in [0.25, 0.3) is 0 Å². The molecule has 7 nitrogen and oxygen atoms in total. The lowest BCUT2D eigenvalue weighted by atomic mass is 9.84. The average Bonchev–Trinajstić information content (AvgIpc) is 3.05. The molecule has 0 radical (unpaired) electrons. The predicted molar refractivity (Wildman–Crippen MR) is 96.4 cm³/mol. The normalized spacial score (nSPS) is 29.3. The van der Waals surface area contributed by atoms with E-state index in [0.29, 0.717) is 31.8 Å². The fourth-order valence-corrected chi connectivity index (χ4v) is 4.93. The Labute approximate surface area is 155 Å². The maximum Gasteiger partial charge on any atom is 0.328 e. The first-order valence-electron chi connectivity index (χ1n) is 9.80. The Morgan fingerprint density at radius 2 is 1.65 bits per heavy atom. The van der Waals surface area contributed by atoms with Crippen LogP contribution in [0, 0.1) is 11.8 Å². The first-order chi connectivity index (χ1) is 12.4. The molecule has 3 aliphatic rings. The molecule has 146 valence electrons. The van der Waals surface area contributed by atoms with Gasteiger partial charge in [-0.15, -0.1) is 0 Å². The zero-order valence-electron chi connectivity index (χ0n) is 16.1. The van der Waals surface area contributed by atoms with Gasteiger partial charge in [-0.05, 0) is 38.0 Å². The van der Waals surface area contributed by atoms with Gasteiger partial charge in [-0.1, -0.05) is 12.8 Å². The number of piperidine rings is 1. The lowest BCUT2D eigenvalue weighted by molar-refractivity contribution is -0.154. The molecule has 0 aromatic carbocycles. The van der Waals surface area contributed by atoms with Crippen LogP contribution in [0.15, 0.2) is 0 Å². The van der Waals surface area contributed by atoms with Crippen LogP contribution < -0.4 is 0 Å². The fraction of sp³-hybridized carbons (Fsp3) is 0.842. The number of rotatable bonds is 2. The first-order valence-corrected chi connectivity index (χ1v) is 9.80. The molecule has 2 saturated heterocycles. The Morgan fingerprint density at radius 1 is 1.00 bits per heavy atom. The molecular weight excluding hydrogens is 334 g/mol. The highest BCUT2D eigenvalue weighted by Crippen LogP contribution is 2.41. The molecule has 2 aliphatic heterocycles. The smallest absolute Gasteiger partial charge is 0.328 e. The van der Waals surface area contributed by atoms with Gasteiger partial charge >= 0.3 is 12.0 Å². The van der Waals surface area contributed by atoms with Gasteiger partial charge in [0.15, 0.2) is 0 Å². The molecule has 0 aromatic rings. The summed E-state index contributed by atoms with van der Waals surface area (Å²) in [4.78, 5) is 42.9. The van der Waals surface area contributed by atoms with E-state index in [-0.39, 0.29) is 29.9 Å². The molecule has 1 aliphatic carbocycles. The quantitative estimate of drug-likeness (QED) is 0.699. The van der Waals surface area contributed by atoms with Crippen molar-refractivity contribution in [3.05, 3.63) is 0 Å². The van der Waals surface area contributed by atoms with Crippen LogP contribution in [0.1, 0.15) is 44.9 Å². The van der Waals surface area contributed by atoms with Crippen molar-refractivity contribution in [2.75, 3.05) is 34.3 Å². The minimum Gasteiger partial charge on any atom is -0.467 e. The Kier molecular flexibility index (Phi) is 5.73. The second-order valence-electron chi connectivity index (χ2n) is 8.07. The highest BCUT2D eigenvalue weighted by molar-refractivity contribution is 5.87. The van der Waals surface area contributed by atoms with Crippen LogP contribution in [0.3, 0.4) is 0 Å². The number of carbonyl (C=O) groups is 3. The highest BCUT2D eigenvalue weighted by Gasteiger charge is 2.49. The Balaban J connectivity index is 1.69. The third-order valence-electron chi connectivity index (χ3n) is 6.31. The minimum absolute atomic E-state index is 0.00291. The largest absolute Gasteiger partial charge is 0.467 e. The highest BCUT2D eigenvalue weighted by atomic mass is 16.5. The standard InChI is InChI=1S/C19H31N3O4/c1-20(2)19(25)21-10-8-13(9-11-21)17(23)22-15-7-5-4-6-14(15)12-16(22)18(24)26-3/h13-16H,4-12H2,1-3H3. The first kappa shape index (κ1) is 19.0. The molecule has 3 rings (SSSR count). The van der Waals surface area contributed by atoms with E-state index in [1.165, 1.54) is 13.5 Å². The van der Waals surface area contributed by atoms with Gasteiger partial charge in [0.1, 0.15) is 6.04 Å². The molecule has 0 aromatic heterocycles. The van der Waals surface area contributed by atoms with E-state index in [1.54, 1.807) is 23.9 Å². The zero-order valence-corrected chi connectivity index (χ0v) is 16.1. The zero-order chi connectivity index (χ0) is 18.8. The number of nitrogens with zero attached hydrogens (tertiary/aromatic N) is 3. The molecular formula is C19H31N3O4. The number of esters is 1. The summed E-state index contributed by atoms with van der Waals surface area (Å²) in [7, 11) is 4.89. The van der Waals surface area contributed by atoms with Gasteiger partial charge in [0, 0.05) is 39.1 Å². The van der Waals surface area contributed by atoms with Crippen molar-refractivity contribution in [3.8, 4) is 0 Å². The van der Waals surface area contributed by atoms with E-state index in [2.05, 4.69) is 0 Å². The van der Waals surface area contributed by atoms with Gasteiger partial charge in [-0.25, -0.2) is 9.59 Å². The number of likely N-dealkylation sites (tertiary alicyclic amines) is 2. The molecule has 1 saturated carbocycles. The summed E-state index contributed by atoms with van der Waals surface area (Å²) < 4.78 is 4.99. The van der Waals surface area contributed by atoms with Crippen LogP contribution in [-0.4, -0.2) is 79.0 Å². The molecule has 3 fully saturated rings. The Bertz CT molecular complexity index is 557. The molecule has 0 spiro atoms. The van der Waals surface area contributed by atoms with Crippen molar-refractivity contribution in [2.24, 2.45) is 11.8 Å². The van der Waals surface area contributed by atoms with E-state index >= 15 is 0 Å². The van der Waals surface area contributed by atoms with Crippen molar-refractivity contribution < 1.29 is 19.1 Å². The molecule has 3 atom stereocenters. The van der Waals surface area contributed by atoms with E-state index in [9.17, 15) is 14.4 Å². The van der Waals surface area contributed by atoms with Gasteiger partial charge in [-0.2, -0.15) is 0 Å². The van der Waals surface area contributed by atoms with Crippen molar-refractivity contribution in [3.63, 3.8) is 0 Å². The third-order valence-corrected chi connectivity index (χ3v) is 6.31. The van der Waals surface area contributed by atoms with Crippen molar-refractivity contribution in [2.45, 2.75) is 57.0 Å². The summed E-state index contributed by atoms with van der Waals surface area (Å²) in [6.07, 6.45) is 6.46. The molecule has 2 heterocycles. The monoisotopic (exact) mass is 365 g/mol. The summed E-state index contributed by atoms with van der Waals surface area (Å²) in [5.74, 6) is 0.126. The van der Waals surface area contributed by atoms with Gasteiger partial charge < -0.3 is 19.4 Å².